The number of aromatic nitrogens is 3. The average molecular weight is 236 g/mol. The Balaban J connectivity index is 2.09. The number of nitrogens with zero attached hydrogens (tertiary/aromatic N) is 1. The number of rotatable bonds is 5. The lowest BCUT2D eigenvalue weighted by molar-refractivity contribution is 0.167. The van der Waals surface area contributed by atoms with Gasteiger partial charge in [0.05, 0.1) is 17.9 Å². The van der Waals surface area contributed by atoms with Crippen LogP contribution < -0.4 is 10.9 Å². The van der Waals surface area contributed by atoms with Crippen LogP contribution in [0.15, 0.2) is 17.3 Å². The first kappa shape index (κ1) is 11.8. The molecule has 0 saturated carbocycles. The van der Waals surface area contributed by atoms with Crippen molar-refractivity contribution in [1.29, 1.82) is 0 Å². The van der Waals surface area contributed by atoms with E-state index in [4.69, 9.17) is 0 Å². The van der Waals surface area contributed by atoms with Crippen LogP contribution in [0.2, 0.25) is 0 Å². The summed E-state index contributed by atoms with van der Waals surface area (Å²) < 4.78 is 0. The molecule has 2 heterocycles. The van der Waals surface area contributed by atoms with Crippen molar-refractivity contribution in [3.05, 3.63) is 28.4 Å². The van der Waals surface area contributed by atoms with E-state index in [1.807, 2.05) is 6.92 Å². The molecule has 0 aliphatic carbocycles. The van der Waals surface area contributed by atoms with Crippen LogP contribution in [0.4, 0.5) is 0 Å². The number of nitrogens with one attached hydrogen (secondary N) is 3. The monoisotopic (exact) mass is 236 g/mol. The van der Waals surface area contributed by atoms with Crippen molar-refractivity contribution >= 4 is 11.0 Å². The van der Waals surface area contributed by atoms with Crippen LogP contribution in [0.1, 0.15) is 18.9 Å². The second-order valence-corrected chi connectivity index (χ2v) is 3.96. The van der Waals surface area contributed by atoms with Crippen LogP contribution in [-0.2, 0) is 6.54 Å². The van der Waals surface area contributed by atoms with Gasteiger partial charge in [0.1, 0.15) is 5.52 Å². The zero-order valence-electron chi connectivity index (χ0n) is 9.66. The van der Waals surface area contributed by atoms with Gasteiger partial charge >= 0.3 is 0 Å². The molecule has 0 aliphatic heterocycles. The molecule has 2 aromatic heterocycles. The van der Waals surface area contributed by atoms with Crippen molar-refractivity contribution in [3.8, 4) is 0 Å². The van der Waals surface area contributed by atoms with E-state index in [9.17, 15) is 9.90 Å². The normalized spacial score (nSPS) is 13.1. The lowest BCUT2D eigenvalue weighted by Gasteiger charge is -2.08. The molecule has 0 radical (unpaired) electrons. The van der Waals surface area contributed by atoms with Gasteiger partial charge in [-0.25, -0.2) is 4.98 Å². The number of aliphatic hydroxyl groups excluding tert-OH is 1. The quantitative estimate of drug-likeness (QED) is 0.593. The lowest BCUT2D eigenvalue weighted by atomic mass is 10.2. The average Bonchev–Trinajstić information content (AvgIpc) is 2.74. The molecule has 6 heteroatoms. The molecular weight excluding hydrogens is 220 g/mol. The van der Waals surface area contributed by atoms with Gasteiger partial charge in [-0.2, -0.15) is 0 Å². The fraction of sp³-hybridized carbons (Fsp3) is 0.455. The van der Waals surface area contributed by atoms with E-state index in [-0.39, 0.29) is 11.7 Å². The molecule has 2 aromatic rings. The van der Waals surface area contributed by atoms with Gasteiger partial charge in [0.25, 0.3) is 5.56 Å². The highest BCUT2D eigenvalue weighted by Crippen LogP contribution is 2.10. The zero-order chi connectivity index (χ0) is 12.3. The fourth-order valence-electron chi connectivity index (χ4n) is 1.66. The van der Waals surface area contributed by atoms with E-state index in [0.29, 0.717) is 24.1 Å². The molecule has 0 spiro atoms. The molecule has 0 amide bonds. The number of hydrogen-bond donors (Lipinski definition) is 4. The van der Waals surface area contributed by atoms with Crippen LogP contribution in [-0.4, -0.2) is 32.7 Å². The summed E-state index contributed by atoms with van der Waals surface area (Å²) in [6, 6.07) is 0. The van der Waals surface area contributed by atoms with E-state index in [1.54, 1.807) is 6.20 Å². The number of aliphatic hydroxyl groups is 1. The molecule has 0 saturated heterocycles. The topological polar surface area (TPSA) is 93.8 Å². The predicted octanol–water partition coefficient (Wildman–Crippen LogP) is 0.112. The molecule has 1 atom stereocenters. The molecule has 0 aromatic carbocycles. The Bertz CT molecular complexity index is 546. The molecule has 2 rings (SSSR count). The van der Waals surface area contributed by atoms with Crippen molar-refractivity contribution in [2.24, 2.45) is 0 Å². The van der Waals surface area contributed by atoms with Gasteiger partial charge in [0, 0.05) is 24.8 Å². The summed E-state index contributed by atoms with van der Waals surface area (Å²) in [5.74, 6) is 0. The van der Waals surface area contributed by atoms with Gasteiger partial charge in [-0.05, 0) is 6.42 Å². The summed E-state index contributed by atoms with van der Waals surface area (Å²) in [4.78, 5) is 21.0. The van der Waals surface area contributed by atoms with Crippen LogP contribution in [0.3, 0.4) is 0 Å². The summed E-state index contributed by atoms with van der Waals surface area (Å²) in [6.45, 7) is 3.04. The Labute approximate surface area is 98.1 Å². The molecule has 0 unspecified atom stereocenters. The van der Waals surface area contributed by atoms with Crippen LogP contribution in [0.25, 0.3) is 11.0 Å². The molecule has 0 fully saturated rings. The summed E-state index contributed by atoms with van der Waals surface area (Å²) in [6.07, 6.45) is 3.54. The number of aromatic amines is 2. The molecule has 4 N–H and O–H groups in total. The smallest absolute Gasteiger partial charge is 0.275 e. The SMILES string of the molecule is CC[C@@H](O)CNCc1c[nH]c2c(=O)[nH]cnc12. The first-order valence-electron chi connectivity index (χ1n) is 5.64. The lowest BCUT2D eigenvalue weighted by Crippen LogP contribution is -2.25. The minimum Gasteiger partial charge on any atom is -0.392 e. The van der Waals surface area contributed by atoms with Gasteiger partial charge in [0.15, 0.2) is 0 Å². The maximum Gasteiger partial charge on any atom is 0.275 e. The molecule has 92 valence electrons. The Hall–Kier alpha value is -1.66. The van der Waals surface area contributed by atoms with E-state index in [1.165, 1.54) is 6.33 Å². The Kier molecular flexibility index (Phi) is 3.55. The van der Waals surface area contributed by atoms with Gasteiger partial charge in [-0.3, -0.25) is 4.79 Å². The maximum absolute atomic E-state index is 11.4. The third-order valence-corrected chi connectivity index (χ3v) is 2.71. The van der Waals surface area contributed by atoms with E-state index in [2.05, 4.69) is 20.3 Å². The van der Waals surface area contributed by atoms with E-state index in [0.717, 1.165) is 12.0 Å². The maximum atomic E-state index is 11.4. The largest absolute Gasteiger partial charge is 0.392 e. The number of H-pyrrole nitrogens is 2. The minimum absolute atomic E-state index is 0.171. The zero-order valence-corrected chi connectivity index (χ0v) is 9.66. The van der Waals surface area contributed by atoms with Gasteiger partial charge in [-0.1, -0.05) is 6.92 Å². The van der Waals surface area contributed by atoms with Crippen LogP contribution in [0, 0.1) is 0 Å². The first-order valence-corrected chi connectivity index (χ1v) is 5.64. The second-order valence-electron chi connectivity index (χ2n) is 3.96. The third-order valence-electron chi connectivity index (χ3n) is 2.71. The van der Waals surface area contributed by atoms with Crippen molar-refractivity contribution in [3.63, 3.8) is 0 Å². The van der Waals surface area contributed by atoms with Gasteiger partial charge in [-0.15, -0.1) is 0 Å². The Morgan fingerprint density at radius 2 is 2.35 bits per heavy atom. The second kappa shape index (κ2) is 5.11. The summed E-state index contributed by atoms with van der Waals surface area (Å²) in [5, 5.41) is 12.5. The van der Waals surface area contributed by atoms with Crippen molar-refractivity contribution in [1.82, 2.24) is 20.3 Å². The highest BCUT2D eigenvalue weighted by Gasteiger charge is 2.07. The Morgan fingerprint density at radius 3 is 3.12 bits per heavy atom. The minimum atomic E-state index is -0.337. The van der Waals surface area contributed by atoms with Crippen molar-refractivity contribution < 1.29 is 5.11 Å². The van der Waals surface area contributed by atoms with Crippen molar-refractivity contribution in [2.45, 2.75) is 26.0 Å². The molecule has 17 heavy (non-hydrogen) atoms. The molecular formula is C11H16N4O2. The van der Waals surface area contributed by atoms with Crippen molar-refractivity contribution in [2.75, 3.05) is 6.54 Å². The predicted molar refractivity (Wildman–Crippen MR) is 64.7 cm³/mol. The standard InChI is InChI=1S/C11H16N4O2/c1-2-8(16)5-12-3-7-4-13-10-9(7)14-6-15-11(10)17/h4,6,8,12-13,16H,2-3,5H2,1H3,(H,14,15,17)/t8-/m1/s1. The van der Waals surface area contributed by atoms with Gasteiger partial charge < -0.3 is 20.4 Å². The van der Waals surface area contributed by atoms with Gasteiger partial charge in [0.2, 0.25) is 0 Å². The highest BCUT2D eigenvalue weighted by molar-refractivity contribution is 5.77. The number of fused-ring (bicyclic) bond motifs is 1. The summed E-state index contributed by atoms with van der Waals surface area (Å²) in [7, 11) is 0. The van der Waals surface area contributed by atoms with Crippen LogP contribution >= 0.6 is 0 Å². The summed E-state index contributed by atoms with van der Waals surface area (Å²) >= 11 is 0. The van der Waals surface area contributed by atoms with E-state index >= 15 is 0 Å². The third kappa shape index (κ3) is 2.54. The highest BCUT2D eigenvalue weighted by atomic mass is 16.3. The van der Waals surface area contributed by atoms with E-state index < -0.39 is 0 Å². The number of hydrogen-bond acceptors (Lipinski definition) is 4. The van der Waals surface area contributed by atoms with Crippen LogP contribution in [0.5, 0.6) is 0 Å². The summed E-state index contributed by atoms with van der Waals surface area (Å²) in [5.41, 5.74) is 1.91. The Morgan fingerprint density at radius 1 is 1.53 bits per heavy atom. The molecule has 0 aliphatic rings. The molecule has 6 nitrogen and oxygen atoms in total. The molecule has 0 bridgehead atoms. The fourth-order valence-corrected chi connectivity index (χ4v) is 1.66. The first-order chi connectivity index (χ1) is 8.22.